The van der Waals surface area contributed by atoms with Gasteiger partial charge in [0.15, 0.2) is 0 Å². The molecule has 0 aliphatic carbocycles. The Bertz CT molecular complexity index is 1100. The third-order valence-electron chi connectivity index (χ3n) is 3.71. The molecule has 3 aromatic rings. The summed E-state index contributed by atoms with van der Waals surface area (Å²) in [4.78, 5) is 13.4. The normalized spacial score (nSPS) is 10.9. The largest absolute Gasteiger partial charge is 0.322 e. The molecular formula is C20H16N2O3S2. The minimum Gasteiger partial charge on any atom is -0.322 e. The van der Waals surface area contributed by atoms with E-state index in [1.807, 2.05) is 17.5 Å². The van der Waals surface area contributed by atoms with Crippen molar-refractivity contribution in [3.05, 3.63) is 82.0 Å². The van der Waals surface area contributed by atoms with Gasteiger partial charge in [0.2, 0.25) is 10.0 Å². The molecule has 0 saturated heterocycles. The number of hydrogen-bond acceptors (Lipinski definition) is 4. The summed E-state index contributed by atoms with van der Waals surface area (Å²) in [5.41, 5.74) is 1.42. The van der Waals surface area contributed by atoms with E-state index in [0.29, 0.717) is 11.3 Å². The van der Waals surface area contributed by atoms with Crippen LogP contribution in [0.5, 0.6) is 0 Å². The monoisotopic (exact) mass is 396 g/mol. The molecule has 0 aliphatic heterocycles. The van der Waals surface area contributed by atoms with Crippen molar-refractivity contribution in [3.63, 3.8) is 0 Å². The molecule has 1 heterocycles. The number of nitrogens with one attached hydrogen (secondary N) is 2. The first-order valence-electron chi connectivity index (χ1n) is 7.98. The molecule has 5 nitrogen and oxygen atoms in total. The zero-order valence-electron chi connectivity index (χ0n) is 14.2. The molecule has 0 spiro atoms. The van der Waals surface area contributed by atoms with Crippen molar-refractivity contribution >= 4 is 33.0 Å². The fourth-order valence-electron chi connectivity index (χ4n) is 2.36. The number of carbonyl (C=O) groups is 1. The van der Waals surface area contributed by atoms with Gasteiger partial charge in [-0.3, -0.25) is 4.79 Å². The van der Waals surface area contributed by atoms with Gasteiger partial charge >= 0.3 is 0 Å². The maximum absolute atomic E-state index is 12.5. The Morgan fingerprint density at radius 2 is 1.89 bits per heavy atom. The SMILES string of the molecule is C#Cc1cccc(NC(=O)c2cccc(S(=O)(=O)NCc3cccs3)c2)c1. The number of carbonyl (C=O) groups excluding carboxylic acids is 1. The third-order valence-corrected chi connectivity index (χ3v) is 5.99. The maximum Gasteiger partial charge on any atom is 0.255 e. The number of anilines is 1. The predicted octanol–water partition coefficient (Wildman–Crippen LogP) is 3.46. The highest BCUT2D eigenvalue weighted by molar-refractivity contribution is 7.89. The molecule has 0 saturated carbocycles. The second-order valence-corrected chi connectivity index (χ2v) is 8.41. The topological polar surface area (TPSA) is 75.3 Å². The van der Waals surface area contributed by atoms with Crippen LogP contribution in [0.3, 0.4) is 0 Å². The Morgan fingerprint density at radius 1 is 1.07 bits per heavy atom. The van der Waals surface area contributed by atoms with E-state index in [2.05, 4.69) is 16.0 Å². The summed E-state index contributed by atoms with van der Waals surface area (Å²) in [6.45, 7) is 0.204. The van der Waals surface area contributed by atoms with Crippen molar-refractivity contribution in [2.75, 3.05) is 5.32 Å². The van der Waals surface area contributed by atoms with E-state index in [9.17, 15) is 13.2 Å². The van der Waals surface area contributed by atoms with Crippen LogP contribution in [-0.2, 0) is 16.6 Å². The number of hydrogen-bond donors (Lipinski definition) is 2. The fraction of sp³-hybridized carbons (Fsp3) is 0.0500. The van der Waals surface area contributed by atoms with Crippen molar-refractivity contribution in [2.24, 2.45) is 0 Å². The van der Waals surface area contributed by atoms with Crippen molar-refractivity contribution < 1.29 is 13.2 Å². The molecule has 0 atom stereocenters. The van der Waals surface area contributed by atoms with Crippen molar-refractivity contribution in [2.45, 2.75) is 11.4 Å². The molecule has 3 rings (SSSR count). The van der Waals surface area contributed by atoms with E-state index in [1.165, 1.54) is 29.5 Å². The number of sulfonamides is 1. The zero-order chi connectivity index (χ0) is 19.3. The molecule has 27 heavy (non-hydrogen) atoms. The molecule has 1 amide bonds. The van der Waals surface area contributed by atoms with Crippen molar-refractivity contribution in [1.29, 1.82) is 0 Å². The van der Waals surface area contributed by atoms with Gasteiger partial charge in [-0.2, -0.15) is 0 Å². The molecular weight excluding hydrogens is 380 g/mol. The van der Waals surface area contributed by atoms with E-state index >= 15 is 0 Å². The molecule has 0 bridgehead atoms. The van der Waals surface area contributed by atoms with Crippen LogP contribution in [0, 0.1) is 12.3 Å². The molecule has 7 heteroatoms. The molecule has 2 N–H and O–H groups in total. The van der Waals surface area contributed by atoms with Crippen molar-refractivity contribution in [1.82, 2.24) is 4.72 Å². The average Bonchev–Trinajstić information content (AvgIpc) is 3.20. The first kappa shape index (κ1) is 18.9. The van der Waals surface area contributed by atoms with E-state index < -0.39 is 15.9 Å². The van der Waals surface area contributed by atoms with Gasteiger partial charge in [0.1, 0.15) is 0 Å². The smallest absolute Gasteiger partial charge is 0.255 e. The van der Waals surface area contributed by atoms with Gasteiger partial charge < -0.3 is 5.32 Å². The minimum atomic E-state index is -3.73. The van der Waals surface area contributed by atoms with Gasteiger partial charge in [-0.05, 0) is 47.8 Å². The van der Waals surface area contributed by atoms with Crippen molar-refractivity contribution in [3.8, 4) is 12.3 Å². The second kappa shape index (κ2) is 8.18. The summed E-state index contributed by atoms with van der Waals surface area (Å²) >= 11 is 1.47. The highest BCUT2D eigenvalue weighted by Crippen LogP contribution is 2.16. The zero-order valence-corrected chi connectivity index (χ0v) is 15.8. The lowest BCUT2D eigenvalue weighted by Crippen LogP contribution is -2.23. The third kappa shape index (κ3) is 4.83. The Hall–Kier alpha value is -2.92. The predicted molar refractivity (Wildman–Crippen MR) is 107 cm³/mol. The van der Waals surface area contributed by atoms with Gasteiger partial charge in [-0.15, -0.1) is 17.8 Å². The number of amides is 1. The second-order valence-electron chi connectivity index (χ2n) is 5.61. The lowest BCUT2D eigenvalue weighted by molar-refractivity contribution is 0.102. The quantitative estimate of drug-likeness (QED) is 0.627. The molecule has 0 fully saturated rings. The van der Waals surface area contributed by atoms with Gasteiger partial charge in [0, 0.05) is 28.2 Å². The van der Waals surface area contributed by atoms with E-state index in [1.54, 1.807) is 30.3 Å². The Balaban J connectivity index is 1.76. The Morgan fingerprint density at radius 3 is 2.63 bits per heavy atom. The van der Waals surface area contributed by atoms with Gasteiger partial charge in [0.25, 0.3) is 5.91 Å². The fourth-order valence-corrected chi connectivity index (χ4v) is 4.15. The molecule has 0 aliphatic rings. The minimum absolute atomic E-state index is 0.0316. The lowest BCUT2D eigenvalue weighted by atomic mass is 10.2. The van der Waals surface area contributed by atoms with Crippen LogP contribution in [-0.4, -0.2) is 14.3 Å². The summed E-state index contributed by atoms with van der Waals surface area (Å²) in [6.07, 6.45) is 5.36. The molecule has 0 radical (unpaired) electrons. The van der Waals surface area contributed by atoms with Gasteiger partial charge in [0.05, 0.1) is 4.90 Å². The van der Waals surface area contributed by atoms with E-state index in [4.69, 9.17) is 6.42 Å². The van der Waals surface area contributed by atoms with Crippen LogP contribution in [0.15, 0.2) is 70.9 Å². The first-order valence-corrected chi connectivity index (χ1v) is 10.3. The Kier molecular flexibility index (Phi) is 5.72. The molecule has 1 aromatic heterocycles. The molecule has 2 aromatic carbocycles. The lowest BCUT2D eigenvalue weighted by Gasteiger charge is -2.09. The number of thiophene rings is 1. The highest BCUT2D eigenvalue weighted by Gasteiger charge is 2.16. The number of terminal acetylenes is 1. The van der Waals surface area contributed by atoms with Gasteiger partial charge in [-0.1, -0.05) is 24.1 Å². The maximum atomic E-state index is 12.5. The average molecular weight is 396 g/mol. The Labute approximate surface area is 162 Å². The van der Waals surface area contributed by atoms with Crippen LogP contribution < -0.4 is 10.0 Å². The summed E-state index contributed by atoms with van der Waals surface area (Å²) in [6, 6.07) is 16.5. The molecule has 136 valence electrons. The molecule has 0 unspecified atom stereocenters. The summed E-state index contributed by atoms with van der Waals surface area (Å²) in [7, 11) is -3.73. The van der Waals surface area contributed by atoms with Gasteiger partial charge in [-0.25, -0.2) is 13.1 Å². The standard InChI is InChI=1S/C20H16N2O3S2/c1-2-15-6-3-8-17(12-15)22-20(23)16-7-4-10-19(13-16)27(24,25)21-14-18-9-5-11-26-18/h1,3-13,21H,14H2,(H,22,23). The van der Waals surface area contributed by atoms with Crippen LogP contribution in [0.4, 0.5) is 5.69 Å². The van der Waals surface area contributed by atoms with E-state index in [0.717, 1.165) is 4.88 Å². The first-order chi connectivity index (χ1) is 13.0. The number of benzene rings is 2. The van der Waals surface area contributed by atoms with Crippen LogP contribution in [0.25, 0.3) is 0 Å². The highest BCUT2D eigenvalue weighted by atomic mass is 32.2. The number of rotatable bonds is 6. The van der Waals surface area contributed by atoms with Crippen LogP contribution in [0.2, 0.25) is 0 Å². The van der Waals surface area contributed by atoms with Crippen LogP contribution in [0.1, 0.15) is 20.8 Å². The summed E-state index contributed by atoms with van der Waals surface area (Å²) in [5, 5.41) is 4.60. The summed E-state index contributed by atoms with van der Waals surface area (Å²) < 4.78 is 27.5. The van der Waals surface area contributed by atoms with E-state index in [-0.39, 0.29) is 17.0 Å². The summed E-state index contributed by atoms with van der Waals surface area (Å²) in [5.74, 6) is 2.08. The van der Waals surface area contributed by atoms with Crippen LogP contribution >= 0.6 is 11.3 Å².